The number of benzene rings is 1. The Morgan fingerprint density at radius 2 is 2.04 bits per heavy atom. The van der Waals surface area contributed by atoms with E-state index < -0.39 is 11.6 Å². The molecule has 0 aliphatic carbocycles. The van der Waals surface area contributed by atoms with Gasteiger partial charge in [-0.25, -0.2) is 8.78 Å². The normalized spacial score (nSPS) is 18.3. The van der Waals surface area contributed by atoms with Crippen molar-refractivity contribution in [3.05, 3.63) is 53.2 Å². The van der Waals surface area contributed by atoms with Gasteiger partial charge in [0.15, 0.2) is 11.6 Å². The number of rotatable bonds is 5. The first-order valence-corrected chi connectivity index (χ1v) is 7.69. The van der Waals surface area contributed by atoms with Crippen molar-refractivity contribution >= 4 is 0 Å². The summed E-state index contributed by atoms with van der Waals surface area (Å²) in [7, 11) is 0. The highest BCUT2D eigenvalue weighted by Gasteiger charge is 2.23. The van der Waals surface area contributed by atoms with Gasteiger partial charge in [0.1, 0.15) is 0 Å². The zero-order valence-corrected chi connectivity index (χ0v) is 13.0. The maximum Gasteiger partial charge on any atom is 0.233 e. The molecule has 122 valence electrons. The van der Waals surface area contributed by atoms with E-state index in [-0.39, 0.29) is 0 Å². The SMILES string of the molecule is Cc1ccc(OCC2CCN(Cc3ccc(F)c(F)c3)C2)nn1. The summed E-state index contributed by atoms with van der Waals surface area (Å²) >= 11 is 0. The number of hydrogen-bond acceptors (Lipinski definition) is 4. The van der Waals surface area contributed by atoms with Crippen molar-refractivity contribution in [3.63, 3.8) is 0 Å². The van der Waals surface area contributed by atoms with Gasteiger partial charge in [-0.2, -0.15) is 5.10 Å². The summed E-state index contributed by atoms with van der Waals surface area (Å²) in [6.45, 7) is 4.89. The van der Waals surface area contributed by atoms with Crippen molar-refractivity contribution < 1.29 is 13.5 Å². The minimum absolute atomic E-state index is 0.406. The summed E-state index contributed by atoms with van der Waals surface area (Å²) in [6, 6.07) is 7.76. The highest BCUT2D eigenvalue weighted by atomic mass is 19.2. The fourth-order valence-electron chi connectivity index (χ4n) is 2.76. The molecule has 1 atom stereocenters. The number of hydrogen-bond donors (Lipinski definition) is 0. The molecule has 1 aliphatic rings. The smallest absolute Gasteiger partial charge is 0.233 e. The van der Waals surface area contributed by atoms with Crippen molar-refractivity contribution in [3.8, 4) is 5.88 Å². The number of likely N-dealkylation sites (tertiary alicyclic amines) is 1. The first kappa shape index (κ1) is 15.8. The lowest BCUT2D eigenvalue weighted by Gasteiger charge is -2.16. The van der Waals surface area contributed by atoms with Gasteiger partial charge in [0.25, 0.3) is 0 Å². The predicted octanol–water partition coefficient (Wildman–Crippen LogP) is 2.96. The van der Waals surface area contributed by atoms with E-state index in [0.717, 1.165) is 30.8 Å². The average Bonchev–Trinajstić information content (AvgIpc) is 2.98. The Morgan fingerprint density at radius 3 is 2.78 bits per heavy atom. The van der Waals surface area contributed by atoms with Crippen LogP contribution in [0.5, 0.6) is 5.88 Å². The van der Waals surface area contributed by atoms with Crippen LogP contribution >= 0.6 is 0 Å². The molecule has 1 saturated heterocycles. The average molecular weight is 319 g/mol. The van der Waals surface area contributed by atoms with Crippen LogP contribution < -0.4 is 4.74 Å². The topological polar surface area (TPSA) is 38.2 Å². The molecule has 23 heavy (non-hydrogen) atoms. The lowest BCUT2D eigenvalue weighted by molar-refractivity contribution is 0.230. The van der Waals surface area contributed by atoms with Crippen molar-refractivity contribution in [2.24, 2.45) is 5.92 Å². The molecule has 0 bridgehead atoms. The lowest BCUT2D eigenvalue weighted by Crippen LogP contribution is -2.22. The van der Waals surface area contributed by atoms with Crippen LogP contribution in [0.15, 0.2) is 30.3 Å². The molecule has 6 heteroatoms. The Kier molecular flexibility index (Phi) is 4.81. The molecule has 0 amide bonds. The molecule has 0 N–H and O–H groups in total. The Hall–Kier alpha value is -2.08. The standard InChI is InChI=1S/C17H19F2N3O/c1-12-2-5-17(21-20-12)23-11-14-6-7-22(10-14)9-13-3-4-15(18)16(19)8-13/h2-5,8,14H,6-7,9-11H2,1H3. The molecule has 3 rings (SSSR count). The molecule has 1 aromatic heterocycles. The summed E-state index contributed by atoms with van der Waals surface area (Å²) in [4.78, 5) is 2.22. The maximum atomic E-state index is 13.2. The van der Waals surface area contributed by atoms with E-state index in [2.05, 4.69) is 15.1 Å². The van der Waals surface area contributed by atoms with Gasteiger partial charge in [-0.05, 0) is 43.7 Å². The van der Waals surface area contributed by atoms with E-state index in [9.17, 15) is 8.78 Å². The number of halogens is 2. The molecule has 1 unspecified atom stereocenters. The molecule has 1 fully saturated rings. The molecular weight excluding hydrogens is 300 g/mol. The van der Waals surface area contributed by atoms with E-state index >= 15 is 0 Å². The van der Waals surface area contributed by atoms with Gasteiger partial charge in [-0.3, -0.25) is 4.90 Å². The highest BCUT2D eigenvalue weighted by Crippen LogP contribution is 2.20. The summed E-state index contributed by atoms with van der Waals surface area (Å²) in [6.07, 6.45) is 1.02. The Balaban J connectivity index is 1.48. The summed E-state index contributed by atoms with van der Waals surface area (Å²) in [5.41, 5.74) is 1.64. The van der Waals surface area contributed by atoms with E-state index in [1.165, 1.54) is 12.1 Å². The van der Waals surface area contributed by atoms with Gasteiger partial charge in [0.05, 0.1) is 12.3 Å². The fraction of sp³-hybridized carbons (Fsp3) is 0.412. The van der Waals surface area contributed by atoms with Crippen LogP contribution in [0.25, 0.3) is 0 Å². The second-order valence-electron chi connectivity index (χ2n) is 5.96. The third-order valence-corrected chi connectivity index (χ3v) is 4.00. The molecule has 0 spiro atoms. The van der Waals surface area contributed by atoms with Crippen LogP contribution in [0.2, 0.25) is 0 Å². The van der Waals surface area contributed by atoms with Crippen LogP contribution in [-0.2, 0) is 6.54 Å². The van der Waals surface area contributed by atoms with Crippen LogP contribution in [-0.4, -0.2) is 34.8 Å². The van der Waals surface area contributed by atoms with Crippen molar-refractivity contribution in [1.82, 2.24) is 15.1 Å². The zero-order chi connectivity index (χ0) is 16.2. The first-order chi connectivity index (χ1) is 11.1. The van der Waals surface area contributed by atoms with Gasteiger partial charge in [-0.15, -0.1) is 5.10 Å². The minimum atomic E-state index is -0.805. The molecule has 1 aromatic carbocycles. The number of aryl methyl sites for hydroxylation is 1. The van der Waals surface area contributed by atoms with Crippen LogP contribution in [0.4, 0.5) is 8.78 Å². The molecule has 2 heterocycles. The van der Waals surface area contributed by atoms with Crippen LogP contribution in [0, 0.1) is 24.5 Å². The van der Waals surface area contributed by atoms with E-state index in [0.29, 0.717) is 24.9 Å². The van der Waals surface area contributed by atoms with Gasteiger partial charge in [-0.1, -0.05) is 6.07 Å². The highest BCUT2D eigenvalue weighted by molar-refractivity contribution is 5.18. The van der Waals surface area contributed by atoms with Gasteiger partial charge in [0.2, 0.25) is 5.88 Å². The predicted molar refractivity (Wildman–Crippen MR) is 82.0 cm³/mol. The molecular formula is C17H19F2N3O. The second-order valence-corrected chi connectivity index (χ2v) is 5.96. The quantitative estimate of drug-likeness (QED) is 0.849. The molecule has 0 radical (unpaired) electrons. The minimum Gasteiger partial charge on any atom is -0.476 e. The second kappa shape index (κ2) is 7.00. The van der Waals surface area contributed by atoms with E-state index in [4.69, 9.17) is 4.74 Å². The Labute approximate surface area is 134 Å². The van der Waals surface area contributed by atoms with Gasteiger partial charge >= 0.3 is 0 Å². The van der Waals surface area contributed by atoms with Crippen molar-refractivity contribution in [2.45, 2.75) is 19.9 Å². The summed E-state index contributed by atoms with van der Waals surface area (Å²) < 4.78 is 31.9. The molecule has 2 aromatic rings. The largest absolute Gasteiger partial charge is 0.476 e. The Morgan fingerprint density at radius 1 is 1.17 bits per heavy atom. The zero-order valence-electron chi connectivity index (χ0n) is 13.0. The van der Waals surface area contributed by atoms with Crippen LogP contribution in [0.3, 0.4) is 0 Å². The van der Waals surface area contributed by atoms with Crippen molar-refractivity contribution in [2.75, 3.05) is 19.7 Å². The van der Waals surface area contributed by atoms with E-state index in [1.807, 2.05) is 19.1 Å². The van der Waals surface area contributed by atoms with Gasteiger partial charge < -0.3 is 4.74 Å². The molecule has 4 nitrogen and oxygen atoms in total. The maximum absolute atomic E-state index is 13.2. The molecule has 0 saturated carbocycles. The van der Waals surface area contributed by atoms with E-state index in [1.54, 1.807) is 6.07 Å². The number of ether oxygens (including phenoxy) is 1. The third kappa shape index (κ3) is 4.22. The summed E-state index contributed by atoms with van der Waals surface area (Å²) in [5, 5.41) is 7.94. The Bertz CT molecular complexity index is 663. The first-order valence-electron chi connectivity index (χ1n) is 7.69. The van der Waals surface area contributed by atoms with Crippen molar-refractivity contribution in [1.29, 1.82) is 0 Å². The van der Waals surface area contributed by atoms with Gasteiger partial charge in [0, 0.05) is 25.1 Å². The molecule has 1 aliphatic heterocycles. The third-order valence-electron chi connectivity index (χ3n) is 4.00. The number of aromatic nitrogens is 2. The number of nitrogens with zero attached hydrogens (tertiary/aromatic N) is 3. The fourth-order valence-corrected chi connectivity index (χ4v) is 2.76. The summed E-state index contributed by atoms with van der Waals surface area (Å²) in [5.74, 6) is -0.654. The van der Waals surface area contributed by atoms with Crippen LogP contribution in [0.1, 0.15) is 17.7 Å². The monoisotopic (exact) mass is 319 g/mol. The lowest BCUT2D eigenvalue weighted by atomic mass is 10.1.